The number of aromatic nitrogens is 2. The summed E-state index contributed by atoms with van der Waals surface area (Å²) in [6.45, 7) is 5.32. The minimum Gasteiger partial charge on any atom is -0.340 e. The molecule has 2 aromatic carbocycles. The van der Waals surface area contributed by atoms with E-state index in [2.05, 4.69) is 52.7 Å². The lowest BCUT2D eigenvalue weighted by Gasteiger charge is -2.10. The Morgan fingerprint density at radius 1 is 1.00 bits per heavy atom. The third-order valence-electron chi connectivity index (χ3n) is 4.89. The molecule has 4 rings (SSSR count). The van der Waals surface area contributed by atoms with E-state index in [-0.39, 0.29) is 4.90 Å². The highest BCUT2D eigenvalue weighted by Crippen LogP contribution is 2.38. The number of nitrogens with one attached hydrogen (secondary N) is 2. The van der Waals surface area contributed by atoms with E-state index in [1.54, 1.807) is 23.5 Å². The molecule has 0 spiro atoms. The van der Waals surface area contributed by atoms with E-state index in [0.29, 0.717) is 11.5 Å². The van der Waals surface area contributed by atoms with Crippen molar-refractivity contribution in [1.82, 2.24) is 14.7 Å². The first-order valence-electron chi connectivity index (χ1n) is 9.45. The van der Waals surface area contributed by atoms with Crippen LogP contribution in [0.2, 0.25) is 0 Å². The maximum atomic E-state index is 12.1. The van der Waals surface area contributed by atoms with Gasteiger partial charge in [0.05, 0.1) is 10.3 Å². The normalized spacial score (nSPS) is 11.5. The maximum absolute atomic E-state index is 12.1. The number of carbonyl (C=O) groups is 1. The van der Waals surface area contributed by atoms with Crippen LogP contribution in [0.25, 0.3) is 21.3 Å². The Balaban J connectivity index is 1.70. The molecule has 1 amide bonds. The van der Waals surface area contributed by atoms with Crippen LogP contribution in [0, 0.1) is 13.8 Å². The molecule has 0 radical (unpaired) electrons. The van der Waals surface area contributed by atoms with E-state index in [0.717, 1.165) is 28.3 Å². The average molecular weight is 453 g/mol. The first-order chi connectivity index (χ1) is 14.7. The number of sulfonamides is 1. The van der Waals surface area contributed by atoms with Gasteiger partial charge in [0.15, 0.2) is 0 Å². The van der Waals surface area contributed by atoms with Crippen molar-refractivity contribution in [2.75, 3.05) is 5.32 Å². The second kappa shape index (κ2) is 8.09. The quantitative estimate of drug-likeness (QED) is 0.461. The third kappa shape index (κ3) is 4.28. The number of rotatable bonds is 5. The van der Waals surface area contributed by atoms with Crippen molar-refractivity contribution in [3.8, 4) is 11.1 Å². The van der Waals surface area contributed by atoms with Crippen LogP contribution in [0.5, 0.6) is 0 Å². The minimum atomic E-state index is -3.88. The summed E-state index contributed by atoms with van der Waals surface area (Å²) in [5.74, 6) is -0.00106. The molecule has 4 aromatic rings. The number of carbonyl (C=O) groups excluding carboxylic acids is 1. The van der Waals surface area contributed by atoms with Gasteiger partial charge in [-0.2, -0.15) is 0 Å². The summed E-state index contributed by atoms with van der Waals surface area (Å²) in [6, 6.07) is 12.5. The summed E-state index contributed by atoms with van der Waals surface area (Å²) in [6.07, 6.45) is 1.50. The number of hydrogen-bond acceptors (Lipinski definition) is 7. The van der Waals surface area contributed by atoms with Crippen LogP contribution < -0.4 is 10.0 Å². The number of anilines is 2. The molecule has 158 valence electrons. The Morgan fingerprint density at radius 3 is 2.42 bits per heavy atom. The summed E-state index contributed by atoms with van der Waals surface area (Å²) >= 11 is 1.54. The molecule has 7 nitrogen and oxygen atoms in total. The Bertz CT molecular complexity index is 1390. The van der Waals surface area contributed by atoms with Crippen LogP contribution in [0.3, 0.4) is 0 Å². The fourth-order valence-corrected chi connectivity index (χ4v) is 5.10. The molecule has 0 saturated heterocycles. The van der Waals surface area contributed by atoms with Crippen molar-refractivity contribution in [3.63, 3.8) is 0 Å². The number of benzene rings is 2. The van der Waals surface area contributed by atoms with Gasteiger partial charge in [0.2, 0.25) is 5.91 Å². The van der Waals surface area contributed by atoms with Gasteiger partial charge in [0, 0.05) is 23.6 Å². The highest BCUT2D eigenvalue weighted by Gasteiger charge is 2.16. The molecule has 0 bridgehead atoms. The molecule has 31 heavy (non-hydrogen) atoms. The monoisotopic (exact) mass is 452 g/mol. The van der Waals surface area contributed by atoms with Crippen LogP contribution in [0.1, 0.15) is 18.1 Å². The highest BCUT2D eigenvalue weighted by atomic mass is 32.2. The molecule has 0 atom stereocenters. The average Bonchev–Trinajstić information content (AvgIpc) is 3.15. The van der Waals surface area contributed by atoms with Crippen LogP contribution in [-0.2, 0) is 14.8 Å². The third-order valence-corrected chi connectivity index (χ3v) is 7.23. The van der Waals surface area contributed by atoms with Crippen molar-refractivity contribution in [1.29, 1.82) is 0 Å². The lowest BCUT2D eigenvalue weighted by atomic mass is 10.0. The summed E-state index contributed by atoms with van der Waals surface area (Å²) in [7, 11) is -3.88. The van der Waals surface area contributed by atoms with Crippen molar-refractivity contribution in [2.24, 2.45) is 0 Å². The number of nitrogens with zero attached hydrogens (tertiary/aromatic N) is 2. The van der Waals surface area contributed by atoms with Gasteiger partial charge in [-0.05, 0) is 54.8 Å². The lowest BCUT2D eigenvalue weighted by molar-refractivity contribution is -0.117. The predicted octanol–water partition coefficient (Wildman–Crippen LogP) is 4.54. The highest BCUT2D eigenvalue weighted by molar-refractivity contribution is 7.90. The molecule has 0 saturated carbocycles. The molecule has 0 aliphatic heterocycles. The van der Waals surface area contributed by atoms with Gasteiger partial charge in [-0.25, -0.2) is 23.1 Å². The van der Waals surface area contributed by atoms with Gasteiger partial charge >= 0.3 is 0 Å². The predicted molar refractivity (Wildman–Crippen MR) is 123 cm³/mol. The summed E-state index contributed by atoms with van der Waals surface area (Å²) < 4.78 is 26.2. The zero-order chi connectivity index (χ0) is 22.2. The van der Waals surface area contributed by atoms with E-state index in [9.17, 15) is 13.2 Å². The van der Waals surface area contributed by atoms with Crippen LogP contribution in [0.4, 0.5) is 11.5 Å². The van der Waals surface area contributed by atoms with Crippen molar-refractivity contribution < 1.29 is 13.2 Å². The molecule has 9 heteroatoms. The standard InChI is InChI=1S/C22H20N4O3S2/c1-13-4-5-16(10-14(13)2)19-11-30-22-20(19)21(23-12-24-22)25-17-6-8-18(9-7-17)31(28,29)26-15(3)27/h4-12H,1-3H3,(H,26,27)(H,23,24,25). The van der Waals surface area contributed by atoms with Gasteiger partial charge in [0.1, 0.15) is 17.0 Å². The lowest BCUT2D eigenvalue weighted by Crippen LogP contribution is -2.28. The van der Waals surface area contributed by atoms with E-state index >= 15 is 0 Å². The van der Waals surface area contributed by atoms with E-state index in [1.165, 1.54) is 29.6 Å². The molecule has 0 unspecified atom stereocenters. The SMILES string of the molecule is CC(=O)NS(=O)(=O)c1ccc(Nc2ncnc3scc(-c4ccc(C)c(C)c4)c23)cc1. The second-order valence-electron chi connectivity index (χ2n) is 7.16. The van der Waals surface area contributed by atoms with Gasteiger partial charge in [-0.15, -0.1) is 11.3 Å². The molecule has 0 aliphatic rings. The van der Waals surface area contributed by atoms with Crippen LogP contribution in [-0.4, -0.2) is 24.3 Å². The Hall–Kier alpha value is -3.30. The molecule has 0 aliphatic carbocycles. The Labute approximate surface area is 184 Å². The molecule has 2 heterocycles. The van der Waals surface area contributed by atoms with Crippen molar-refractivity contribution >= 4 is 49.0 Å². The van der Waals surface area contributed by atoms with Gasteiger partial charge in [-0.1, -0.05) is 18.2 Å². The minimum absolute atomic E-state index is 0.00689. The fourth-order valence-electron chi connectivity index (χ4n) is 3.19. The number of fused-ring (bicyclic) bond motifs is 1. The smallest absolute Gasteiger partial charge is 0.264 e. The molecular weight excluding hydrogens is 432 g/mol. The second-order valence-corrected chi connectivity index (χ2v) is 9.70. The molecule has 2 aromatic heterocycles. The van der Waals surface area contributed by atoms with E-state index < -0.39 is 15.9 Å². The van der Waals surface area contributed by atoms with Crippen molar-refractivity contribution in [2.45, 2.75) is 25.7 Å². The number of thiophene rings is 1. The summed E-state index contributed by atoms with van der Waals surface area (Å²) in [5, 5.41) is 6.24. The molecule has 2 N–H and O–H groups in total. The zero-order valence-corrected chi connectivity index (χ0v) is 18.8. The van der Waals surface area contributed by atoms with Crippen LogP contribution >= 0.6 is 11.3 Å². The first kappa shape index (κ1) is 21.0. The summed E-state index contributed by atoms with van der Waals surface area (Å²) in [5.41, 5.74) is 5.23. The van der Waals surface area contributed by atoms with Crippen LogP contribution in [0.15, 0.2) is 59.1 Å². The van der Waals surface area contributed by atoms with E-state index in [4.69, 9.17) is 0 Å². The Kier molecular flexibility index (Phi) is 5.47. The van der Waals surface area contributed by atoms with Gasteiger partial charge in [-0.3, -0.25) is 4.79 Å². The molecule has 0 fully saturated rings. The largest absolute Gasteiger partial charge is 0.340 e. The van der Waals surface area contributed by atoms with Gasteiger partial charge < -0.3 is 5.32 Å². The number of amides is 1. The first-order valence-corrected chi connectivity index (χ1v) is 11.8. The maximum Gasteiger partial charge on any atom is 0.264 e. The van der Waals surface area contributed by atoms with Crippen molar-refractivity contribution in [3.05, 3.63) is 65.3 Å². The Morgan fingerprint density at radius 2 is 1.74 bits per heavy atom. The molecular formula is C22H20N4O3S2. The summed E-state index contributed by atoms with van der Waals surface area (Å²) in [4.78, 5) is 20.8. The van der Waals surface area contributed by atoms with Gasteiger partial charge in [0.25, 0.3) is 10.0 Å². The number of aryl methyl sites for hydroxylation is 2. The fraction of sp³-hybridized carbons (Fsp3) is 0.136. The zero-order valence-electron chi connectivity index (χ0n) is 17.1. The van der Waals surface area contributed by atoms with E-state index in [1.807, 2.05) is 4.72 Å². The topological polar surface area (TPSA) is 101 Å². The number of hydrogen-bond donors (Lipinski definition) is 2.